The second-order valence-electron chi connectivity index (χ2n) is 3.20. The molecule has 0 fully saturated rings. The fourth-order valence-corrected chi connectivity index (χ4v) is 1.21. The topological polar surface area (TPSA) is 105 Å². The number of anilines is 1. The van der Waals surface area contributed by atoms with Crippen molar-refractivity contribution in [2.24, 2.45) is 0 Å². The summed E-state index contributed by atoms with van der Waals surface area (Å²) in [7, 11) is 0.967. The van der Waals surface area contributed by atoms with Crippen LogP contribution in [0.2, 0.25) is 0 Å². The van der Waals surface area contributed by atoms with Crippen molar-refractivity contribution in [2.75, 3.05) is 12.8 Å². The number of alkyl halides is 3. The van der Waals surface area contributed by atoms with E-state index in [0.717, 1.165) is 7.11 Å². The maximum Gasteiger partial charge on any atom is 0.573 e. The summed E-state index contributed by atoms with van der Waals surface area (Å²) in [4.78, 5) is 20.8. The van der Waals surface area contributed by atoms with Gasteiger partial charge in [0.25, 0.3) is 5.69 Å². The molecule has 1 aromatic rings. The van der Waals surface area contributed by atoms with Gasteiger partial charge in [-0.25, -0.2) is 4.79 Å². The molecule has 1 aromatic carbocycles. The molecule has 0 aliphatic carbocycles. The highest BCUT2D eigenvalue weighted by molar-refractivity contribution is 5.92. The maximum atomic E-state index is 12.1. The average Bonchev–Trinajstić information content (AvgIpc) is 2.28. The van der Waals surface area contributed by atoms with Crippen LogP contribution in [0.4, 0.5) is 24.5 Å². The van der Waals surface area contributed by atoms with Crippen LogP contribution in [0.25, 0.3) is 0 Å². The van der Waals surface area contributed by atoms with Crippen molar-refractivity contribution >= 4 is 17.3 Å². The minimum absolute atomic E-state index is 0.484. The smallest absolute Gasteiger partial charge is 0.465 e. The van der Waals surface area contributed by atoms with Gasteiger partial charge in [0.1, 0.15) is 0 Å². The number of nitro benzene ring substituents is 1. The van der Waals surface area contributed by atoms with Gasteiger partial charge in [0.2, 0.25) is 0 Å². The summed E-state index contributed by atoms with van der Waals surface area (Å²) >= 11 is 0. The number of nitro groups is 1. The first-order chi connectivity index (χ1) is 8.65. The first kappa shape index (κ1) is 14.5. The Balaban J connectivity index is 3.40. The molecule has 0 saturated carbocycles. The van der Waals surface area contributed by atoms with E-state index in [9.17, 15) is 28.1 Å². The molecule has 0 bridgehead atoms. The monoisotopic (exact) mass is 280 g/mol. The van der Waals surface area contributed by atoms with E-state index in [-0.39, 0.29) is 0 Å². The van der Waals surface area contributed by atoms with E-state index in [1.807, 2.05) is 0 Å². The van der Waals surface area contributed by atoms with Crippen LogP contribution in [0.1, 0.15) is 10.4 Å². The molecule has 7 nitrogen and oxygen atoms in total. The van der Waals surface area contributed by atoms with Crippen molar-refractivity contribution in [2.45, 2.75) is 6.36 Å². The normalized spacial score (nSPS) is 10.9. The molecular formula is C9H7F3N2O5. The third-order valence-corrected chi connectivity index (χ3v) is 1.96. The fourth-order valence-electron chi connectivity index (χ4n) is 1.21. The predicted molar refractivity (Wildman–Crippen MR) is 55.5 cm³/mol. The van der Waals surface area contributed by atoms with Gasteiger partial charge in [-0.1, -0.05) is 0 Å². The van der Waals surface area contributed by atoms with Crippen molar-refractivity contribution in [1.82, 2.24) is 0 Å². The predicted octanol–water partition coefficient (Wildman–Crippen LogP) is 1.86. The molecule has 0 saturated heterocycles. The molecule has 0 radical (unpaired) electrons. The lowest BCUT2D eigenvalue weighted by Crippen LogP contribution is -2.19. The van der Waals surface area contributed by atoms with Crippen molar-refractivity contribution in [1.29, 1.82) is 0 Å². The number of halogens is 3. The summed E-state index contributed by atoms with van der Waals surface area (Å²) in [5, 5.41) is 10.6. The Kier molecular flexibility index (Phi) is 3.83. The first-order valence-electron chi connectivity index (χ1n) is 4.57. The van der Waals surface area contributed by atoms with Gasteiger partial charge in [-0.05, 0) is 6.07 Å². The summed E-state index contributed by atoms with van der Waals surface area (Å²) in [6.07, 6.45) is -5.10. The fraction of sp³-hybridized carbons (Fsp3) is 0.222. The van der Waals surface area contributed by atoms with Gasteiger partial charge in [0, 0.05) is 6.07 Å². The van der Waals surface area contributed by atoms with Gasteiger partial charge in [0.05, 0.1) is 17.6 Å². The number of carbonyl (C=O) groups excluding carboxylic acids is 1. The summed E-state index contributed by atoms with van der Waals surface area (Å²) in [5.41, 5.74) is 2.97. The number of hydrogen-bond acceptors (Lipinski definition) is 6. The third kappa shape index (κ3) is 3.47. The number of nitrogens with two attached hydrogens (primary N) is 1. The lowest BCUT2D eigenvalue weighted by molar-refractivity contribution is -0.384. The largest absolute Gasteiger partial charge is 0.573 e. The second kappa shape index (κ2) is 5.00. The molecule has 0 aliphatic rings. The van der Waals surface area contributed by atoms with Gasteiger partial charge < -0.3 is 15.2 Å². The highest BCUT2D eigenvalue weighted by Crippen LogP contribution is 2.36. The highest BCUT2D eigenvalue weighted by Gasteiger charge is 2.34. The van der Waals surface area contributed by atoms with Gasteiger partial charge in [-0.2, -0.15) is 0 Å². The first-order valence-corrected chi connectivity index (χ1v) is 4.57. The molecule has 10 heteroatoms. The standard InChI is InChI=1S/C9H7F3N2O5/c1-18-8(15)4-2-5(14(16)17)7(13)6(3-4)19-9(10,11)12/h2-3H,13H2,1H3. The van der Waals surface area contributed by atoms with Crippen LogP contribution < -0.4 is 10.5 Å². The minimum Gasteiger partial charge on any atom is -0.465 e. The molecule has 0 amide bonds. The average molecular weight is 280 g/mol. The van der Waals surface area contributed by atoms with Crippen LogP contribution >= 0.6 is 0 Å². The Bertz CT molecular complexity index is 529. The van der Waals surface area contributed by atoms with Gasteiger partial charge in [0.15, 0.2) is 11.4 Å². The Morgan fingerprint density at radius 2 is 2.00 bits per heavy atom. The van der Waals surface area contributed by atoms with E-state index in [0.29, 0.717) is 12.1 Å². The third-order valence-electron chi connectivity index (χ3n) is 1.96. The van der Waals surface area contributed by atoms with Gasteiger partial charge >= 0.3 is 12.3 Å². The van der Waals surface area contributed by atoms with E-state index < -0.39 is 39.9 Å². The zero-order valence-corrected chi connectivity index (χ0v) is 9.35. The number of benzene rings is 1. The number of nitrogen functional groups attached to an aromatic ring is 1. The molecule has 0 spiro atoms. The Labute approximate surface area is 103 Å². The van der Waals surface area contributed by atoms with E-state index in [1.54, 1.807) is 0 Å². The van der Waals surface area contributed by atoms with Crippen LogP contribution in [-0.2, 0) is 4.74 Å². The van der Waals surface area contributed by atoms with Crippen LogP contribution in [0.15, 0.2) is 12.1 Å². The molecule has 0 heterocycles. The number of carbonyl (C=O) groups is 1. The quantitative estimate of drug-likeness (QED) is 0.392. The maximum absolute atomic E-state index is 12.1. The van der Waals surface area contributed by atoms with Crippen LogP contribution in [0.3, 0.4) is 0 Å². The lowest BCUT2D eigenvalue weighted by atomic mass is 10.1. The second-order valence-corrected chi connectivity index (χ2v) is 3.20. The number of ether oxygens (including phenoxy) is 2. The molecule has 0 atom stereocenters. The van der Waals surface area contributed by atoms with E-state index in [1.165, 1.54) is 0 Å². The van der Waals surface area contributed by atoms with Crippen LogP contribution in [0, 0.1) is 10.1 Å². The number of hydrogen-bond donors (Lipinski definition) is 1. The molecule has 0 unspecified atom stereocenters. The zero-order valence-electron chi connectivity index (χ0n) is 9.35. The molecular weight excluding hydrogens is 273 g/mol. The molecule has 19 heavy (non-hydrogen) atoms. The van der Waals surface area contributed by atoms with Gasteiger partial charge in [-0.15, -0.1) is 13.2 Å². The summed E-state index contributed by atoms with van der Waals surface area (Å²) in [5.74, 6) is -2.10. The van der Waals surface area contributed by atoms with Crippen molar-refractivity contribution in [3.63, 3.8) is 0 Å². The van der Waals surface area contributed by atoms with Crippen molar-refractivity contribution < 1.29 is 32.4 Å². The summed E-state index contributed by atoms with van der Waals surface area (Å²) in [6, 6.07) is 1.31. The Hall–Kier alpha value is -2.52. The molecule has 0 aliphatic heterocycles. The number of rotatable bonds is 3. The number of methoxy groups -OCH3 is 1. The van der Waals surface area contributed by atoms with Crippen LogP contribution in [0.5, 0.6) is 5.75 Å². The summed E-state index contributed by atoms with van der Waals surface area (Å²) in [6.45, 7) is 0. The van der Waals surface area contributed by atoms with Crippen molar-refractivity contribution in [3.8, 4) is 5.75 Å². The van der Waals surface area contributed by atoms with E-state index in [2.05, 4.69) is 9.47 Å². The molecule has 104 valence electrons. The molecule has 1 rings (SSSR count). The Morgan fingerprint density at radius 1 is 1.42 bits per heavy atom. The summed E-state index contributed by atoms with van der Waals surface area (Å²) < 4.78 is 44.1. The molecule has 2 N–H and O–H groups in total. The van der Waals surface area contributed by atoms with E-state index >= 15 is 0 Å². The van der Waals surface area contributed by atoms with E-state index in [4.69, 9.17) is 5.73 Å². The van der Waals surface area contributed by atoms with Crippen LogP contribution in [-0.4, -0.2) is 24.4 Å². The SMILES string of the molecule is COC(=O)c1cc(OC(F)(F)F)c(N)c([N+](=O)[O-])c1. The lowest BCUT2D eigenvalue weighted by Gasteiger charge is -2.12. The van der Waals surface area contributed by atoms with Gasteiger partial charge in [-0.3, -0.25) is 10.1 Å². The minimum atomic E-state index is -5.10. The van der Waals surface area contributed by atoms with Crippen molar-refractivity contribution in [3.05, 3.63) is 27.8 Å². The zero-order chi connectivity index (χ0) is 14.8. The number of nitrogens with zero attached hydrogens (tertiary/aromatic N) is 1. The molecule has 0 aromatic heterocycles. The Morgan fingerprint density at radius 3 is 2.42 bits per heavy atom. The number of esters is 1. The highest BCUT2D eigenvalue weighted by atomic mass is 19.4.